The number of hydrogen-bond donors (Lipinski definition) is 0. The van der Waals surface area contributed by atoms with Crippen LogP contribution in [0.2, 0.25) is 0 Å². The molecule has 0 aliphatic rings. The first kappa shape index (κ1) is 19.5. The summed E-state index contributed by atoms with van der Waals surface area (Å²) in [6.45, 7) is 2.54. The molecule has 0 atom stereocenters. The molecule has 30 heavy (non-hydrogen) atoms. The average Bonchev–Trinajstić information content (AvgIpc) is 3.17. The van der Waals surface area contributed by atoms with Crippen LogP contribution in [0.25, 0.3) is 16.7 Å². The Morgan fingerprint density at radius 2 is 1.83 bits per heavy atom. The first-order chi connectivity index (χ1) is 14.7. The lowest BCUT2D eigenvalue weighted by molar-refractivity contribution is 0.0517. The van der Waals surface area contributed by atoms with Crippen molar-refractivity contribution in [2.24, 2.45) is 0 Å². The van der Waals surface area contributed by atoms with Crippen LogP contribution >= 0.6 is 0 Å². The predicted octanol–water partition coefficient (Wildman–Crippen LogP) is 4.79. The van der Waals surface area contributed by atoms with E-state index in [9.17, 15) is 4.79 Å². The molecule has 0 radical (unpaired) electrons. The molecule has 6 heteroatoms. The summed E-state index contributed by atoms with van der Waals surface area (Å²) in [5, 5.41) is 0.855. The Kier molecular flexibility index (Phi) is 5.66. The minimum Gasteiger partial charge on any atom is -0.489 e. The van der Waals surface area contributed by atoms with Gasteiger partial charge >= 0.3 is 5.97 Å². The number of carbonyl (C=O) groups is 1. The van der Waals surface area contributed by atoms with Gasteiger partial charge in [0.15, 0.2) is 0 Å². The first-order valence-electron chi connectivity index (χ1n) is 9.70. The topological polar surface area (TPSA) is 62.6 Å². The lowest BCUT2D eigenvalue weighted by Crippen LogP contribution is -2.12. The van der Waals surface area contributed by atoms with Gasteiger partial charge < -0.3 is 14.2 Å². The molecule has 4 rings (SSSR count). The predicted molar refractivity (Wildman–Crippen MR) is 114 cm³/mol. The Labute approximate surface area is 174 Å². The van der Waals surface area contributed by atoms with E-state index in [0.29, 0.717) is 24.0 Å². The molecule has 2 aromatic heterocycles. The minimum atomic E-state index is -0.412. The largest absolute Gasteiger partial charge is 0.489 e. The number of pyridine rings is 1. The molecular formula is C24H22N2O4. The summed E-state index contributed by atoms with van der Waals surface area (Å²) in [6.07, 6.45) is 0. The van der Waals surface area contributed by atoms with Crippen molar-refractivity contribution < 1.29 is 19.0 Å². The van der Waals surface area contributed by atoms with Crippen molar-refractivity contribution in [3.05, 3.63) is 84.1 Å². The number of methoxy groups -OCH3 is 1. The molecule has 0 unspecified atom stereocenters. The number of aromatic nitrogens is 2. The van der Waals surface area contributed by atoms with Crippen LogP contribution in [0, 0.1) is 0 Å². The standard InChI is InChI=1S/C24H22N2O4/c1-3-29-24(27)21-15-18-14-19(30-16-17-8-5-4-6-9-17)12-13-20(18)26(21)22-10-7-11-23(25-22)28-2/h4-15H,3,16H2,1-2H3. The van der Waals surface area contributed by atoms with Crippen molar-refractivity contribution in [2.45, 2.75) is 13.5 Å². The molecule has 0 bridgehead atoms. The fourth-order valence-electron chi connectivity index (χ4n) is 3.27. The van der Waals surface area contributed by atoms with E-state index < -0.39 is 5.97 Å². The van der Waals surface area contributed by atoms with Crippen LogP contribution < -0.4 is 9.47 Å². The van der Waals surface area contributed by atoms with Crippen LogP contribution in [-0.2, 0) is 11.3 Å². The van der Waals surface area contributed by atoms with Gasteiger partial charge in [0.1, 0.15) is 23.9 Å². The molecule has 2 heterocycles. The number of fused-ring (bicyclic) bond motifs is 1. The molecule has 2 aromatic carbocycles. The highest BCUT2D eigenvalue weighted by molar-refractivity contribution is 5.97. The molecule has 0 fully saturated rings. The van der Waals surface area contributed by atoms with Crippen molar-refractivity contribution in [1.29, 1.82) is 0 Å². The summed E-state index contributed by atoms with van der Waals surface area (Å²) in [4.78, 5) is 17.1. The number of benzene rings is 2. The summed E-state index contributed by atoms with van der Waals surface area (Å²) in [5.41, 5.74) is 2.31. The molecule has 0 saturated heterocycles. The van der Waals surface area contributed by atoms with Crippen molar-refractivity contribution in [1.82, 2.24) is 9.55 Å². The quantitative estimate of drug-likeness (QED) is 0.416. The normalized spacial score (nSPS) is 10.7. The van der Waals surface area contributed by atoms with Gasteiger partial charge in [-0.2, -0.15) is 4.98 Å². The Bertz CT molecular complexity index is 1170. The molecule has 152 valence electrons. The van der Waals surface area contributed by atoms with Crippen LogP contribution in [0.1, 0.15) is 23.0 Å². The first-order valence-corrected chi connectivity index (χ1v) is 9.70. The summed E-state index contributed by atoms with van der Waals surface area (Å²) in [5.74, 6) is 1.35. The molecule has 0 aliphatic heterocycles. The lowest BCUT2D eigenvalue weighted by atomic mass is 10.2. The zero-order valence-corrected chi connectivity index (χ0v) is 16.9. The fourth-order valence-corrected chi connectivity index (χ4v) is 3.27. The van der Waals surface area contributed by atoms with Gasteiger partial charge in [0.2, 0.25) is 5.88 Å². The third-order valence-corrected chi connectivity index (χ3v) is 4.65. The van der Waals surface area contributed by atoms with Gasteiger partial charge in [-0.15, -0.1) is 0 Å². The third kappa shape index (κ3) is 3.98. The number of hydrogen-bond acceptors (Lipinski definition) is 5. The van der Waals surface area contributed by atoms with E-state index in [1.807, 2.05) is 60.7 Å². The number of carbonyl (C=O) groups excluding carboxylic acids is 1. The van der Waals surface area contributed by atoms with Gasteiger partial charge in [0, 0.05) is 11.5 Å². The van der Waals surface area contributed by atoms with Crippen LogP contribution in [0.4, 0.5) is 0 Å². The second-order valence-corrected chi connectivity index (χ2v) is 6.62. The second-order valence-electron chi connectivity index (χ2n) is 6.62. The Morgan fingerprint density at radius 3 is 2.60 bits per heavy atom. The van der Waals surface area contributed by atoms with Gasteiger partial charge in [-0.3, -0.25) is 4.57 Å². The van der Waals surface area contributed by atoms with Crippen molar-refractivity contribution in [3.63, 3.8) is 0 Å². The van der Waals surface area contributed by atoms with Crippen LogP contribution in [0.5, 0.6) is 11.6 Å². The number of rotatable bonds is 7. The van der Waals surface area contributed by atoms with Crippen molar-refractivity contribution >= 4 is 16.9 Å². The van der Waals surface area contributed by atoms with E-state index in [2.05, 4.69) is 4.98 Å². The maximum atomic E-state index is 12.6. The highest BCUT2D eigenvalue weighted by Gasteiger charge is 2.19. The van der Waals surface area contributed by atoms with E-state index in [1.54, 1.807) is 30.7 Å². The molecule has 0 spiro atoms. The highest BCUT2D eigenvalue weighted by atomic mass is 16.5. The van der Waals surface area contributed by atoms with E-state index in [1.165, 1.54) is 0 Å². The molecule has 0 N–H and O–H groups in total. The number of esters is 1. The summed E-state index contributed by atoms with van der Waals surface area (Å²) in [6, 6.07) is 22.9. The van der Waals surface area contributed by atoms with Crippen LogP contribution in [0.15, 0.2) is 72.8 Å². The molecular weight excluding hydrogens is 380 g/mol. The third-order valence-electron chi connectivity index (χ3n) is 4.65. The molecule has 6 nitrogen and oxygen atoms in total. The molecule has 0 saturated carbocycles. The van der Waals surface area contributed by atoms with Gasteiger partial charge in [0.05, 0.1) is 19.2 Å². The maximum Gasteiger partial charge on any atom is 0.355 e. The second kappa shape index (κ2) is 8.69. The summed E-state index contributed by atoms with van der Waals surface area (Å²) in [7, 11) is 1.56. The molecule has 4 aromatic rings. The van der Waals surface area contributed by atoms with Gasteiger partial charge in [-0.1, -0.05) is 36.4 Å². The lowest BCUT2D eigenvalue weighted by Gasteiger charge is -2.11. The maximum absolute atomic E-state index is 12.6. The van der Waals surface area contributed by atoms with Crippen molar-refractivity contribution in [3.8, 4) is 17.4 Å². The van der Waals surface area contributed by atoms with Gasteiger partial charge in [-0.25, -0.2) is 4.79 Å². The Balaban J connectivity index is 1.74. The van der Waals surface area contributed by atoms with Gasteiger partial charge in [-0.05, 0) is 42.8 Å². The van der Waals surface area contributed by atoms with Crippen LogP contribution in [-0.4, -0.2) is 29.2 Å². The molecule has 0 aliphatic carbocycles. The average molecular weight is 402 g/mol. The van der Waals surface area contributed by atoms with E-state index in [-0.39, 0.29) is 6.61 Å². The van der Waals surface area contributed by atoms with Crippen molar-refractivity contribution in [2.75, 3.05) is 13.7 Å². The van der Waals surface area contributed by atoms with E-state index in [4.69, 9.17) is 14.2 Å². The zero-order valence-electron chi connectivity index (χ0n) is 16.9. The smallest absolute Gasteiger partial charge is 0.355 e. The zero-order chi connectivity index (χ0) is 20.9. The monoisotopic (exact) mass is 402 g/mol. The minimum absolute atomic E-state index is 0.289. The fraction of sp³-hybridized carbons (Fsp3) is 0.167. The summed E-state index contributed by atoms with van der Waals surface area (Å²) < 4.78 is 18.2. The molecule has 0 amide bonds. The Morgan fingerprint density at radius 1 is 1.00 bits per heavy atom. The Hall–Kier alpha value is -3.80. The van der Waals surface area contributed by atoms with E-state index in [0.717, 1.165) is 22.2 Å². The number of nitrogens with zero attached hydrogens (tertiary/aromatic N) is 2. The highest BCUT2D eigenvalue weighted by Crippen LogP contribution is 2.29. The van der Waals surface area contributed by atoms with E-state index >= 15 is 0 Å². The SMILES string of the molecule is CCOC(=O)c1cc2cc(OCc3ccccc3)ccc2n1-c1cccc(OC)n1. The number of ether oxygens (including phenoxy) is 3. The van der Waals surface area contributed by atoms with Gasteiger partial charge in [0.25, 0.3) is 0 Å². The summed E-state index contributed by atoms with van der Waals surface area (Å²) >= 11 is 0. The van der Waals surface area contributed by atoms with Crippen LogP contribution in [0.3, 0.4) is 0 Å².